The third kappa shape index (κ3) is 2.43. The van der Waals surface area contributed by atoms with Gasteiger partial charge in [0.15, 0.2) is 0 Å². The van der Waals surface area contributed by atoms with Crippen LogP contribution >= 0.6 is 11.6 Å². The first kappa shape index (κ1) is 12.8. The van der Waals surface area contributed by atoms with Crippen LogP contribution in [0.1, 0.15) is 5.56 Å². The van der Waals surface area contributed by atoms with Gasteiger partial charge in [0.05, 0.1) is 5.56 Å². The van der Waals surface area contributed by atoms with E-state index in [2.05, 4.69) is 0 Å². The monoisotopic (exact) mass is 272 g/mol. The molecule has 0 atom stereocenters. The first-order valence-corrected chi connectivity index (χ1v) is 5.42. The van der Waals surface area contributed by atoms with Gasteiger partial charge in [0, 0.05) is 10.6 Å². The van der Waals surface area contributed by atoms with Crippen molar-refractivity contribution < 1.29 is 18.3 Å². The number of alkyl halides is 3. The Morgan fingerprint density at radius 3 is 2.28 bits per heavy atom. The van der Waals surface area contributed by atoms with Crippen molar-refractivity contribution in [1.82, 2.24) is 0 Å². The highest BCUT2D eigenvalue weighted by molar-refractivity contribution is 6.33. The van der Waals surface area contributed by atoms with E-state index < -0.39 is 11.7 Å². The van der Waals surface area contributed by atoms with Gasteiger partial charge in [0.2, 0.25) is 0 Å². The number of rotatable bonds is 1. The summed E-state index contributed by atoms with van der Waals surface area (Å²) in [5.41, 5.74) is -0.673. The van der Waals surface area contributed by atoms with Crippen LogP contribution in [0.3, 0.4) is 0 Å². The molecule has 2 aromatic rings. The molecule has 2 aromatic carbocycles. The summed E-state index contributed by atoms with van der Waals surface area (Å²) in [6.45, 7) is 0. The fourth-order valence-corrected chi connectivity index (χ4v) is 1.90. The minimum absolute atomic E-state index is 0.0501. The molecule has 0 amide bonds. The number of aromatic hydroxyl groups is 1. The van der Waals surface area contributed by atoms with Crippen LogP contribution in [0.4, 0.5) is 13.2 Å². The average molecular weight is 273 g/mol. The Labute approximate surface area is 106 Å². The molecule has 0 aromatic heterocycles. The molecule has 0 fully saturated rings. The predicted octanol–water partition coefficient (Wildman–Crippen LogP) is 4.73. The van der Waals surface area contributed by atoms with Crippen molar-refractivity contribution in [3.8, 4) is 16.9 Å². The highest BCUT2D eigenvalue weighted by Gasteiger charge is 2.33. The molecule has 0 saturated heterocycles. The molecule has 0 saturated carbocycles. The maximum absolute atomic E-state index is 12.9. The molecule has 0 bridgehead atoms. The Balaban J connectivity index is 2.68. The van der Waals surface area contributed by atoms with E-state index in [1.807, 2.05) is 0 Å². The Kier molecular flexibility index (Phi) is 3.22. The standard InChI is InChI=1S/C13H8ClF3O/c14-12-6-5-8(18)7-10(12)9-3-1-2-4-11(9)13(15,16)17/h1-7,18H. The SMILES string of the molecule is Oc1ccc(Cl)c(-c2ccccc2C(F)(F)F)c1. The van der Waals surface area contributed by atoms with Crippen LogP contribution in [0.5, 0.6) is 5.75 Å². The van der Waals surface area contributed by atoms with E-state index in [0.717, 1.165) is 6.07 Å². The van der Waals surface area contributed by atoms with Crippen molar-refractivity contribution in [2.45, 2.75) is 6.18 Å². The minimum atomic E-state index is -4.47. The zero-order valence-electron chi connectivity index (χ0n) is 9.00. The van der Waals surface area contributed by atoms with E-state index in [1.165, 1.54) is 36.4 Å². The molecule has 94 valence electrons. The third-order valence-corrected chi connectivity index (χ3v) is 2.80. The molecule has 0 spiro atoms. The first-order valence-electron chi connectivity index (χ1n) is 5.04. The van der Waals surface area contributed by atoms with Crippen molar-refractivity contribution in [2.75, 3.05) is 0 Å². The molecule has 0 aliphatic heterocycles. The second kappa shape index (κ2) is 4.53. The second-order valence-corrected chi connectivity index (χ2v) is 4.11. The van der Waals surface area contributed by atoms with Gasteiger partial charge >= 0.3 is 6.18 Å². The topological polar surface area (TPSA) is 20.2 Å². The fourth-order valence-electron chi connectivity index (χ4n) is 1.68. The van der Waals surface area contributed by atoms with E-state index in [-0.39, 0.29) is 21.9 Å². The van der Waals surface area contributed by atoms with E-state index in [0.29, 0.717) is 0 Å². The molecule has 18 heavy (non-hydrogen) atoms. The van der Waals surface area contributed by atoms with Gasteiger partial charge in [-0.25, -0.2) is 0 Å². The summed E-state index contributed by atoms with van der Waals surface area (Å²) in [6.07, 6.45) is -4.47. The van der Waals surface area contributed by atoms with Crippen molar-refractivity contribution in [1.29, 1.82) is 0 Å². The van der Waals surface area contributed by atoms with Crippen molar-refractivity contribution in [3.63, 3.8) is 0 Å². The molecule has 2 rings (SSSR count). The average Bonchev–Trinajstić information content (AvgIpc) is 2.31. The number of benzene rings is 2. The molecule has 0 unspecified atom stereocenters. The molecule has 0 aliphatic carbocycles. The van der Waals surface area contributed by atoms with Crippen molar-refractivity contribution in [2.24, 2.45) is 0 Å². The number of hydrogen-bond donors (Lipinski definition) is 1. The Morgan fingerprint density at radius 1 is 0.944 bits per heavy atom. The van der Waals surface area contributed by atoms with E-state index >= 15 is 0 Å². The van der Waals surface area contributed by atoms with E-state index in [1.54, 1.807) is 0 Å². The highest BCUT2D eigenvalue weighted by atomic mass is 35.5. The van der Waals surface area contributed by atoms with Gasteiger partial charge in [-0.05, 0) is 29.8 Å². The summed E-state index contributed by atoms with van der Waals surface area (Å²) in [4.78, 5) is 0. The van der Waals surface area contributed by atoms with Gasteiger partial charge < -0.3 is 5.11 Å². The molecule has 0 aliphatic rings. The van der Waals surface area contributed by atoms with Gasteiger partial charge in [-0.1, -0.05) is 29.8 Å². The van der Waals surface area contributed by atoms with Gasteiger partial charge in [-0.2, -0.15) is 13.2 Å². The Morgan fingerprint density at radius 2 is 1.61 bits per heavy atom. The zero-order valence-corrected chi connectivity index (χ0v) is 9.76. The van der Waals surface area contributed by atoms with Gasteiger partial charge in [-0.3, -0.25) is 0 Å². The first-order chi connectivity index (χ1) is 8.39. The summed E-state index contributed by atoms with van der Waals surface area (Å²) in [6, 6.07) is 9.00. The minimum Gasteiger partial charge on any atom is -0.508 e. The molecule has 0 radical (unpaired) electrons. The van der Waals surface area contributed by atoms with Crippen LogP contribution in [0.15, 0.2) is 42.5 Å². The largest absolute Gasteiger partial charge is 0.508 e. The van der Waals surface area contributed by atoms with Crippen molar-refractivity contribution in [3.05, 3.63) is 53.1 Å². The third-order valence-electron chi connectivity index (χ3n) is 2.47. The van der Waals surface area contributed by atoms with Crippen LogP contribution in [-0.4, -0.2) is 5.11 Å². The normalized spacial score (nSPS) is 11.6. The molecule has 5 heteroatoms. The Bertz CT molecular complexity index is 579. The summed E-state index contributed by atoms with van der Waals surface area (Å²) in [5.74, 6) is -0.133. The van der Waals surface area contributed by atoms with E-state index in [9.17, 15) is 18.3 Å². The molecule has 0 heterocycles. The van der Waals surface area contributed by atoms with Crippen LogP contribution in [0.25, 0.3) is 11.1 Å². The predicted molar refractivity (Wildman–Crippen MR) is 63.6 cm³/mol. The highest BCUT2D eigenvalue weighted by Crippen LogP contribution is 2.40. The Hall–Kier alpha value is -1.68. The number of hydrogen-bond acceptors (Lipinski definition) is 1. The molecule has 1 nitrogen and oxygen atoms in total. The summed E-state index contributed by atoms with van der Waals surface area (Å²) in [5, 5.41) is 9.51. The van der Waals surface area contributed by atoms with E-state index in [4.69, 9.17) is 11.6 Å². The number of phenols is 1. The molecular formula is C13H8ClF3O. The smallest absolute Gasteiger partial charge is 0.417 e. The number of halogens is 4. The van der Waals surface area contributed by atoms with Crippen molar-refractivity contribution >= 4 is 11.6 Å². The molecule has 1 N–H and O–H groups in total. The van der Waals surface area contributed by atoms with Gasteiger partial charge in [0.25, 0.3) is 0 Å². The second-order valence-electron chi connectivity index (χ2n) is 3.71. The van der Waals surface area contributed by atoms with Gasteiger partial charge in [0.1, 0.15) is 5.75 Å². The van der Waals surface area contributed by atoms with Gasteiger partial charge in [-0.15, -0.1) is 0 Å². The summed E-state index contributed by atoms with van der Waals surface area (Å²) < 4.78 is 38.6. The summed E-state index contributed by atoms with van der Waals surface area (Å²) in [7, 11) is 0. The number of phenolic OH excluding ortho intramolecular Hbond substituents is 1. The lowest BCUT2D eigenvalue weighted by Gasteiger charge is -2.13. The summed E-state index contributed by atoms with van der Waals surface area (Å²) >= 11 is 5.87. The zero-order chi connectivity index (χ0) is 13.3. The van der Waals surface area contributed by atoms with Crippen LogP contribution < -0.4 is 0 Å². The lowest BCUT2D eigenvalue weighted by molar-refractivity contribution is -0.137. The van der Waals surface area contributed by atoms with Crippen LogP contribution in [0, 0.1) is 0 Å². The maximum atomic E-state index is 12.9. The van der Waals surface area contributed by atoms with Crippen LogP contribution in [-0.2, 0) is 6.18 Å². The lowest BCUT2D eigenvalue weighted by Crippen LogP contribution is -2.06. The van der Waals surface area contributed by atoms with Crippen LogP contribution in [0.2, 0.25) is 5.02 Å². The quantitative estimate of drug-likeness (QED) is 0.795. The molecular weight excluding hydrogens is 265 g/mol. The maximum Gasteiger partial charge on any atom is 0.417 e. The fraction of sp³-hybridized carbons (Fsp3) is 0.0769. The lowest BCUT2D eigenvalue weighted by atomic mass is 9.99.